The monoisotopic (exact) mass is 458 g/mol. The van der Waals surface area contributed by atoms with Gasteiger partial charge < -0.3 is 10.3 Å². The highest BCUT2D eigenvalue weighted by atomic mass is 19.1. The Morgan fingerprint density at radius 2 is 1.82 bits per heavy atom. The van der Waals surface area contributed by atoms with Crippen LogP contribution < -0.4 is 5.32 Å². The molecule has 5 heteroatoms. The maximum Gasteiger partial charge on any atom is 0.0906 e. The summed E-state index contributed by atoms with van der Waals surface area (Å²) in [6, 6.07) is 19.3. The summed E-state index contributed by atoms with van der Waals surface area (Å²) in [5.41, 5.74) is 7.19. The van der Waals surface area contributed by atoms with E-state index in [1.807, 2.05) is 0 Å². The van der Waals surface area contributed by atoms with E-state index in [9.17, 15) is 4.39 Å². The molecule has 0 spiro atoms. The van der Waals surface area contributed by atoms with Crippen LogP contribution in [0.15, 0.2) is 48.5 Å². The van der Waals surface area contributed by atoms with E-state index in [1.165, 1.54) is 52.7 Å². The molecule has 2 N–H and O–H groups in total. The molecule has 4 fully saturated rings. The maximum absolute atomic E-state index is 12.4. The Hall–Kier alpha value is -2.37. The van der Waals surface area contributed by atoms with E-state index in [0.29, 0.717) is 30.1 Å². The van der Waals surface area contributed by atoms with Crippen molar-refractivity contribution < 1.29 is 4.39 Å². The molecule has 3 aliphatic carbocycles. The molecule has 2 atom stereocenters. The average molecular weight is 459 g/mol. The van der Waals surface area contributed by atoms with Crippen LogP contribution >= 0.6 is 0 Å². The highest BCUT2D eigenvalue weighted by molar-refractivity contribution is 5.85. The zero-order valence-electron chi connectivity index (χ0n) is 20.1. The van der Waals surface area contributed by atoms with Gasteiger partial charge in [-0.15, -0.1) is 0 Å². The normalized spacial score (nSPS) is 30.9. The molecule has 0 radical (unpaired) electrons. The number of anilines is 1. The van der Waals surface area contributed by atoms with E-state index >= 15 is 0 Å². The van der Waals surface area contributed by atoms with Crippen molar-refractivity contribution in [2.75, 3.05) is 31.6 Å². The standard InChI is InChI=1S/C29H35FN4/c1-19-13-25-24-5-2-3-6-26(24)32-27(25)28(34(19)29-14-20(15-29)16-29)21-7-9-22(10-8-21)31-23-17-33(18-23)12-4-11-30/h2-3,5-10,19-20,23,28,31-32H,4,11-18H2,1H3/t19-,20?,28-,29?/m1/s1. The molecule has 3 heterocycles. The predicted molar refractivity (Wildman–Crippen MR) is 136 cm³/mol. The second-order valence-electron chi connectivity index (χ2n) is 11.4. The van der Waals surface area contributed by atoms with E-state index in [-0.39, 0.29) is 6.67 Å². The van der Waals surface area contributed by atoms with Crippen molar-refractivity contribution in [1.29, 1.82) is 0 Å². The van der Waals surface area contributed by atoms with Crippen LogP contribution in [0.3, 0.4) is 0 Å². The second-order valence-corrected chi connectivity index (χ2v) is 11.4. The second kappa shape index (κ2) is 7.82. The molecule has 3 aromatic rings. The van der Waals surface area contributed by atoms with Crippen LogP contribution in [0.4, 0.5) is 10.1 Å². The number of halogens is 1. The van der Waals surface area contributed by atoms with Gasteiger partial charge in [0.1, 0.15) is 0 Å². The Balaban J connectivity index is 1.18. The Bertz CT molecular complexity index is 1180. The van der Waals surface area contributed by atoms with Crippen molar-refractivity contribution in [2.45, 2.75) is 62.7 Å². The highest BCUT2D eigenvalue weighted by Gasteiger charge is 2.63. The van der Waals surface area contributed by atoms with Crippen molar-refractivity contribution in [3.05, 3.63) is 65.4 Å². The number of aromatic amines is 1. The Labute approximate surface area is 201 Å². The average Bonchev–Trinajstić information content (AvgIpc) is 3.12. The number of nitrogens with one attached hydrogen (secondary N) is 2. The van der Waals surface area contributed by atoms with Gasteiger partial charge in [0.2, 0.25) is 0 Å². The number of benzene rings is 2. The number of H-pyrrole nitrogens is 1. The van der Waals surface area contributed by atoms with Gasteiger partial charge in [-0.3, -0.25) is 14.2 Å². The Kier molecular flexibility index (Phi) is 4.82. The van der Waals surface area contributed by atoms with E-state index in [2.05, 4.69) is 75.6 Å². The van der Waals surface area contributed by atoms with Gasteiger partial charge in [-0.05, 0) is 74.3 Å². The lowest BCUT2D eigenvalue weighted by Crippen LogP contribution is -2.71. The summed E-state index contributed by atoms with van der Waals surface area (Å²) in [4.78, 5) is 9.05. The van der Waals surface area contributed by atoms with Crippen molar-refractivity contribution >= 4 is 16.6 Å². The molecule has 4 nitrogen and oxygen atoms in total. The van der Waals surface area contributed by atoms with Crippen LogP contribution in [0.5, 0.6) is 0 Å². The molecule has 2 bridgehead atoms. The predicted octanol–water partition coefficient (Wildman–Crippen LogP) is 5.51. The molecule has 34 heavy (non-hydrogen) atoms. The topological polar surface area (TPSA) is 34.3 Å². The lowest BCUT2D eigenvalue weighted by Gasteiger charge is -2.70. The van der Waals surface area contributed by atoms with Gasteiger partial charge in [0.05, 0.1) is 18.8 Å². The molecule has 2 aliphatic heterocycles. The summed E-state index contributed by atoms with van der Waals surface area (Å²) in [5.74, 6) is 0.968. The third kappa shape index (κ3) is 3.16. The number of para-hydroxylation sites is 1. The first-order valence-electron chi connectivity index (χ1n) is 13.2. The lowest BCUT2D eigenvalue weighted by molar-refractivity contribution is -0.174. The fraction of sp³-hybridized carbons (Fsp3) is 0.517. The molecule has 1 saturated heterocycles. The van der Waals surface area contributed by atoms with Crippen LogP contribution in [-0.2, 0) is 6.42 Å². The number of hydrogen-bond donors (Lipinski definition) is 2. The fourth-order valence-electron chi connectivity index (χ4n) is 7.40. The fourth-order valence-corrected chi connectivity index (χ4v) is 7.40. The Morgan fingerprint density at radius 3 is 2.53 bits per heavy atom. The van der Waals surface area contributed by atoms with Gasteiger partial charge in [0, 0.05) is 53.5 Å². The number of aromatic nitrogens is 1. The largest absolute Gasteiger partial charge is 0.380 e. The van der Waals surface area contributed by atoms with Crippen LogP contribution in [0.2, 0.25) is 0 Å². The SMILES string of the molecule is C[C@@H]1Cc2c([nH]c3ccccc23)[C@@H](c2ccc(NC3CN(CCCF)C3)cc2)N1C12CC(C1)C2. The number of rotatable bonds is 7. The zero-order valence-corrected chi connectivity index (χ0v) is 20.1. The minimum Gasteiger partial charge on any atom is -0.380 e. The molecule has 2 aromatic carbocycles. The molecule has 1 aromatic heterocycles. The molecular weight excluding hydrogens is 423 g/mol. The summed E-state index contributed by atoms with van der Waals surface area (Å²) in [6.07, 6.45) is 5.91. The molecule has 8 rings (SSSR count). The van der Waals surface area contributed by atoms with E-state index in [0.717, 1.165) is 32.0 Å². The summed E-state index contributed by atoms with van der Waals surface area (Å²) < 4.78 is 12.4. The van der Waals surface area contributed by atoms with Crippen LogP contribution in [-0.4, -0.2) is 58.7 Å². The van der Waals surface area contributed by atoms with Crippen molar-refractivity contribution in [3.8, 4) is 0 Å². The molecule has 178 valence electrons. The first kappa shape index (κ1) is 21.0. The van der Waals surface area contributed by atoms with Crippen LogP contribution in [0.1, 0.15) is 55.5 Å². The number of alkyl halides is 1. The van der Waals surface area contributed by atoms with Crippen LogP contribution in [0.25, 0.3) is 10.9 Å². The maximum atomic E-state index is 12.4. The number of likely N-dealkylation sites (tertiary alicyclic amines) is 1. The number of nitrogens with zero attached hydrogens (tertiary/aromatic N) is 2. The molecule has 0 unspecified atom stereocenters. The van der Waals surface area contributed by atoms with Crippen molar-refractivity contribution in [1.82, 2.24) is 14.8 Å². The van der Waals surface area contributed by atoms with Gasteiger partial charge in [0.15, 0.2) is 0 Å². The van der Waals surface area contributed by atoms with Gasteiger partial charge in [-0.25, -0.2) is 0 Å². The summed E-state index contributed by atoms with van der Waals surface area (Å²) >= 11 is 0. The minimum atomic E-state index is -0.215. The first-order valence-corrected chi connectivity index (χ1v) is 13.2. The summed E-state index contributed by atoms with van der Waals surface area (Å²) in [7, 11) is 0. The van der Waals surface area contributed by atoms with Gasteiger partial charge >= 0.3 is 0 Å². The van der Waals surface area contributed by atoms with Crippen molar-refractivity contribution in [2.24, 2.45) is 5.92 Å². The third-order valence-electron chi connectivity index (χ3n) is 9.09. The van der Waals surface area contributed by atoms with E-state index < -0.39 is 0 Å². The van der Waals surface area contributed by atoms with Gasteiger partial charge in [-0.2, -0.15) is 0 Å². The third-order valence-corrected chi connectivity index (χ3v) is 9.09. The minimum absolute atomic E-state index is 0.215. The van der Waals surface area contributed by atoms with Crippen molar-refractivity contribution in [3.63, 3.8) is 0 Å². The quantitative estimate of drug-likeness (QED) is 0.490. The van der Waals surface area contributed by atoms with E-state index in [4.69, 9.17) is 0 Å². The molecule has 5 aliphatic rings. The van der Waals surface area contributed by atoms with Gasteiger partial charge in [-0.1, -0.05) is 30.3 Å². The summed E-state index contributed by atoms with van der Waals surface area (Å²) in [5, 5.41) is 5.07. The highest BCUT2D eigenvalue weighted by Crippen LogP contribution is 2.64. The number of fused-ring (bicyclic) bond motifs is 3. The van der Waals surface area contributed by atoms with Gasteiger partial charge in [0.25, 0.3) is 0 Å². The number of hydrogen-bond acceptors (Lipinski definition) is 3. The first-order chi connectivity index (χ1) is 16.6. The molecule has 0 amide bonds. The molecular formula is C29H35FN4. The lowest BCUT2D eigenvalue weighted by atomic mass is 9.48. The Morgan fingerprint density at radius 1 is 1.06 bits per heavy atom. The van der Waals surface area contributed by atoms with E-state index in [1.54, 1.807) is 0 Å². The smallest absolute Gasteiger partial charge is 0.0906 e. The molecule has 3 saturated carbocycles. The van der Waals surface area contributed by atoms with Crippen LogP contribution in [0, 0.1) is 5.92 Å². The summed E-state index contributed by atoms with van der Waals surface area (Å²) in [6.45, 7) is 5.13. The zero-order chi connectivity index (χ0) is 22.9.